The van der Waals surface area contributed by atoms with Gasteiger partial charge in [0, 0.05) is 18.1 Å². The van der Waals surface area contributed by atoms with Gasteiger partial charge in [-0.1, -0.05) is 42.5 Å². The van der Waals surface area contributed by atoms with E-state index in [1.807, 2.05) is 42.5 Å². The molecule has 0 bridgehead atoms. The van der Waals surface area contributed by atoms with E-state index in [4.69, 9.17) is 5.26 Å². The number of fused-ring (bicyclic) bond motifs is 1. The monoisotopic (exact) mass is 394 g/mol. The van der Waals surface area contributed by atoms with E-state index in [1.54, 1.807) is 37.4 Å². The molecule has 3 aromatic carbocycles. The van der Waals surface area contributed by atoms with Crippen LogP contribution >= 0.6 is 0 Å². The normalized spacial score (nSPS) is 10.5. The number of nitrogens with one attached hydrogen (secondary N) is 1. The molecule has 0 aliphatic heterocycles. The van der Waals surface area contributed by atoms with Crippen LogP contribution in [0.25, 0.3) is 21.9 Å². The summed E-state index contributed by atoms with van der Waals surface area (Å²) in [4.78, 5) is 24.9. The fourth-order valence-corrected chi connectivity index (χ4v) is 3.38. The minimum atomic E-state index is -0.219. The van der Waals surface area contributed by atoms with Crippen LogP contribution in [-0.4, -0.2) is 15.7 Å². The lowest BCUT2D eigenvalue weighted by atomic mass is 10.0. The molecule has 0 unspecified atom stereocenters. The number of rotatable bonds is 4. The summed E-state index contributed by atoms with van der Waals surface area (Å²) in [6.07, 6.45) is 0.0513. The van der Waals surface area contributed by atoms with Crippen molar-refractivity contribution in [1.29, 1.82) is 5.26 Å². The first-order valence-corrected chi connectivity index (χ1v) is 9.40. The molecule has 146 valence electrons. The SMILES string of the molecule is Cn1nc(CC(=O)Nc2cccc(-c3ccc(C#N)cc3)c2)c2ccccc2c1=O. The van der Waals surface area contributed by atoms with Crippen LogP contribution in [-0.2, 0) is 18.3 Å². The van der Waals surface area contributed by atoms with Crippen molar-refractivity contribution in [3.05, 3.63) is 94.4 Å². The molecule has 0 saturated heterocycles. The Balaban J connectivity index is 1.57. The zero-order valence-corrected chi connectivity index (χ0v) is 16.3. The van der Waals surface area contributed by atoms with E-state index in [9.17, 15) is 9.59 Å². The fourth-order valence-electron chi connectivity index (χ4n) is 3.38. The Morgan fingerprint density at radius 3 is 2.47 bits per heavy atom. The van der Waals surface area contributed by atoms with Crippen LogP contribution in [0.5, 0.6) is 0 Å². The van der Waals surface area contributed by atoms with Gasteiger partial charge in [0.25, 0.3) is 5.56 Å². The zero-order chi connectivity index (χ0) is 21.1. The summed E-state index contributed by atoms with van der Waals surface area (Å²) >= 11 is 0. The van der Waals surface area contributed by atoms with Crippen molar-refractivity contribution in [3.8, 4) is 17.2 Å². The summed E-state index contributed by atoms with van der Waals surface area (Å²) in [7, 11) is 1.58. The first kappa shape index (κ1) is 19.1. The van der Waals surface area contributed by atoms with E-state index in [2.05, 4.69) is 16.5 Å². The number of carbonyl (C=O) groups excluding carboxylic acids is 1. The minimum Gasteiger partial charge on any atom is -0.326 e. The van der Waals surface area contributed by atoms with E-state index in [-0.39, 0.29) is 17.9 Å². The number of aryl methyl sites for hydroxylation is 1. The Morgan fingerprint density at radius 2 is 1.73 bits per heavy atom. The molecular weight excluding hydrogens is 376 g/mol. The molecule has 1 amide bonds. The predicted octanol–water partition coefficient (Wildman–Crippen LogP) is 3.65. The third-order valence-corrected chi connectivity index (χ3v) is 4.85. The molecule has 0 spiro atoms. The summed E-state index contributed by atoms with van der Waals surface area (Å²) in [5.41, 5.74) is 3.51. The number of amides is 1. The summed E-state index contributed by atoms with van der Waals surface area (Å²) in [5, 5.41) is 17.3. The number of hydrogen-bond acceptors (Lipinski definition) is 4. The van der Waals surface area contributed by atoms with E-state index in [0.29, 0.717) is 27.7 Å². The quantitative estimate of drug-likeness (QED) is 0.572. The Labute approximate surface area is 173 Å². The predicted molar refractivity (Wildman–Crippen MR) is 116 cm³/mol. The van der Waals surface area contributed by atoms with Crippen molar-refractivity contribution in [2.75, 3.05) is 5.32 Å². The average Bonchev–Trinajstić information content (AvgIpc) is 2.77. The molecule has 1 aromatic heterocycles. The van der Waals surface area contributed by atoms with Crippen LogP contribution in [0.2, 0.25) is 0 Å². The number of anilines is 1. The van der Waals surface area contributed by atoms with E-state index < -0.39 is 0 Å². The van der Waals surface area contributed by atoms with Gasteiger partial charge in [-0.05, 0) is 41.5 Å². The van der Waals surface area contributed by atoms with Crippen molar-refractivity contribution in [1.82, 2.24) is 9.78 Å². The molecule has 0 saturated carbocycles. The molecule has 1 heterocycles. The van der Waals surface area contributed by atoms with Gasteiger partial charge in [-0.15, -0.1) is 0 Å². The second-order valence-corrected chi connectivity index (χ2v) is 6.92. The second kappa shape index (κ2) is 8.02. The highest BCUT2D eigenvalue weighted by Gasteiger charge is 2.13. The Morgan fingerprint density at radius 1 is 1.00 bits per heavy atom. The highest BCUT2D eigenvalue weighted by Crippen LogP contribution is 2.23. The van der Waals surface area contributed by atoms with Gasteiger partial charge >= 0.3 is 0 Å². The van der Waals surface area contributed by atoms with Gasteiger partial charge in [-0.2, -0.15) is 10.4 Å². The van der Waals surface area contributed by atoms with Gasteiger partial charge in [0.15, 0.2) is 0 Å². The lowest BCUT2D eigenvalue weighted by Crippen LogP contribution is -2.24. The van der Waals surface area contributed by atoms with Crippen LogP contribution in [0.4, 0.5) is 5.69 Å². The fraction of sp³-hybridized carbons (Fsp3) is 0.0833. The lowest BCUT2D eigenvalue weighted by molar-refractivity contribution is -0.115. The number of benzene rings is 3. The zero-order valence-electron chi connectivity index (χ0n) is 16.3. The molecule has 30 heavy (non-hydrogen) atoms. The molecule has 0 fully saturated rings. The Kier molecular flexibility index (Phi) is 5.10. The molecule has 0 aliphatic carbocycles. The summed E-state index contributed by atoms with van der Waals surface area (Å²) in [5.74, 6) is -0.219. The molecular formula is C24H18N4O2. The number of carbonyl (C=O) groups is 1. The van der Waals surface area contributed by atoms with Crippen LogP contribution in [0.3, 0.4) is 0 Å². The van der Waals surface area contributed by atoms with Gasteiger partial charge < -0.3 is 5.32 Å². The molecule has 1 N–H and O–H groups in total. The van der Waals surface area contributed by atoms with Crippen LogP contribution < -0.4 is 10.9 Å². The number of nitrogens with zero attached hydrogens (tertiary/aromatic N) is 3. The van der Waals surface area contributed by atoms with Gasteiger partial charge in [-0.3, -0.25) is 9.59 Å². The first-order chi connectivity index (χ1) is 14.5. The third-order valence-electron chi connectivity index (χ3n) is 4.85. The van der Waals surface area contributed by atoms with Crippen molar-refractivity contribution >= 4 is 22.4 Å². The summed E-state index contributed by atoms with van der Waals surface area (Å²) in [6, 6.07) is 24.0. The molecule has 4 aromatic rings. The largest absolute Gasteiger partial charge is 0.326 e. The summed E-state index contributed by atoms with van der Waals surface area (Å²) in [6.45, 7) is 0. The maximum absolute atomic E-state index is 12.7. The maximum Gasteiger partial charge on any atom is 0.274 e. The van der Waals surface area contributed by atoms with E-state index in [0.717, 1.165) is 11.1 Å². The molecule has 0 atom stereocenters. The molecule has 0 radical (unpaired) electrons. The highest BCUT2D eigenvalue weighted by molar-refractivity contribution is 5.95. The van der Waals surface area contributed by atoms with Gasteiger partial charge in [0.1, 0.15) is 0 Å². The Bertz CT molecular complexity index is 1350. The average molecular weight is 394 g/mol. The smallest absolute Gasteiger partial charge is 0.274 e. The van der Waals surface area contributed by atoms with Crippen molar-refractivity contribution < 1.29 is 4.79 Å². The van der Waals surface area contributed by atoms with Gasteiger partial charge in [0.2, 0.25) is 5.91 Å². The number of hydrogen-bond donors (Lipinski definition) is 1. The third kappa shape index (κ3) is 3.82. The van der Waals surface area contributed by atoms with Crippen molar-refractivity contribution in [2.24, 2.45) is 7.05 Å². The maximum atomic E-state index is 12.7. The van der Waals surface area contributed by atoms with Crippen LogP contribution in [0, 0.1) is 11.3 Å². The lowest BCUT2D eigenvalue weighted by Gasteiger charge is -2.10. The highest BCUT2D eigenvalue weighted by atomic mass is 16.1. The minimum absolute atomic E-state index is 0.0513. The molecule has 4 rings (SSSR count). The topological polar surface area (TPSA) is 87.8 Å². The number of nitriles is 1. The van der Waals surface area contributed by atoms with Gasteiger partial charge in [-0.25, -0.2) is 4.68 Å². The van der Waals surface area contributed by atoms with Gasteiger partial charge in [0.05, 0.1) is 29.1 Å². The standard InChI is InChI=1S/C24H18N4O2/c1-28-24(30)21-8-3-2-7-20(21)22(27-28)14-23(29)26-19-6-4-5-18(13-19)17-11-9-16(15-25)10-12-17/h2-13H,14H2,1H3,(H,26,29). The molecule has 6 heteroatoms. The number of aromatic nitrogens is 2. The van der Waals surface area contributed by atoms with E-state index in [1.165, 1.54) is 4.68 Å². The first-order valence-electron chi connectivity index (χ1n) is 9.40. The van der Waals surface area contributed by atoms with E-state index >= 15 is 0 Å². The van der Waals surface area contributed by atoms with Crippen LogP contribution in [0.1, 0.15) is 11.3 Å². The molecule has 0 aliphatic rings. The van der Waals surface area contributed by atoms with Crippen molar-refractivity contribution in [3.63, 3.8) is 0 Å². The summed E-state index contributed by atoms with van der Waals surface area (Å²) < 4.78 is 1.26. The Hall–Kier alpha value is -4.24. The molecule has 6 nitrogen and oxygen atoms in total. The second-order valence-electron chi connectivity index (χ2n) is 6.92. The van der Waals surface area contributed by atoms with Crippen LogP contribution in [0.15, 0.2) is 77.6 Å². The van der Waals surface area contributed by atoms with Crippen molar-refractivity contribution in [2.45, 2.75) is 6.42 Å².